The topological polar surface area (TPSA) is 63.8 Å². The Morgan fingerprint density at radius 1 is 1.15 bits per heavy atom. The van der Waals surface area contributed by atoms with Crippen LogP contribution >= 0.6 is 0 Å². The van der Waals surface area contributed by atoms with Crippen LogP contribution in [0.25, 0.3) is 0 Å². The molecular formula is C16H22N4. The standard InChI is InChI=1S/C16H22N4/c1-2-6-20-15(9-13-4-3-7-18-11-13)10-14-12-19-8-5-16(14)17/h3-5,7-8,11-12,15,20H,2,6,9-10H2,1H3,(H2,17,19). The highest BCUT2D eigenvalue weighted by molar-refractivity contribution is 5.44. The van der Waals surface area contributed by atoms with E-state index in [1.165, 1.54) is 5.56 Å². The predicted octanol–water partition coefficient (Wildman–Crippen LogP) is 2.21. The first-order valence-electron chi connectivity index (χ1n) is 7.10. The zero-order chi connectivity index (χ0) is 14.2. The summed E-state index contributed by atoms with van der Waals surface area (Å²) in [6, 6.07) is 6.30. The lowest BCUT2D eigenvalue weighted by Crippen LogP contribution is -2.34. The Bertz CT molecular complexity index is 513. The van der Waals surface area contributed by atoms with Gasteiger partial charge in [0, 0.05) is 36.5 Å². The number of nitrogen functional groups attached to an aromatic ring is 1. The van der Waals surface area contributed by atoms with E-state index >= 15 is 0 Å². The summed E-state index contributed by atoms with van der Waals surface area (Å²) < 4.78 is 0. The van der Waals surface area contributed by atoms with Gasteiger partial charge in [0.1, 0.15) is 0 Å². The molecule has 2 rings (SSSR count). The van der Waals surface area contributed by atoms with Crippen molar-refractivity contribution in [3.63, 3.8) is 0 Å². The second-order valence-electron chi connectivity index (χ2n) is 5.00. The molecular weight excluding hydrogens is 248 g/mol. The van der Waals surface area contributed by atoms with E-state index in [2.05, 4.69) is 28.3 Å². The molecule has 2 heterocycles. The number of hydrogen-bond acceptors (Lipinski definition) is 4. The Hall–Kier alpha value is -1.94. The van der Waals surface area contributed by atoms with Gasteiger partial charge in [-0.05, 0) is 49.1 Å². The first-order valence-corrected chi connectivity index (χ1v) is 7.10. The van der Waals surface area contributed by atoms with Crippen molar-refractivity contribution in [1.82, 2.24) is 15.3 Å². The fourth-order valence-electron chi connectivity index (χ4n) is 2.24. The third kappa shape index (κ3) is 4.31. The molecule has 1 unspecified atom stereocenters. The molecule has 20 heavy (non-hydrogen) atoms. The SMILES string of the molecule is CCCNC(Cc1cccnc1)Cc1cnccc1N. The Morgan fingerprint density at radius 3 is 2.70 bits per heavy atom. The minimum atomic E-state index is 0.352. The quantitative estimate of drug-likeness (QED) is 0.809. The van der Waals surface area contributed by atoms with Crippen LogP contribution in [0, 0.1) is 0 Å². The molecule has 0 bridgehead atoms. The molecule has 0 radical (unpaired) electrons. The van der Waals surface area contributed by atoms with Crippen molar-refractivity contribution in [1.29, 1.82) is 0 Å². The summed E-state index contributed by atoms with van der Waals surface area (Å²) in [7, 11) is 0. The molecule has 4 nitrogen and oxygen atoms in total. The van der Waals surface area contributed by atoms with Gasteiger partial charge in [0.2, 0.25) is 0 Å². The van der Waals surface area contributed by atoms with Gasteiger partial charge in [0.15, 0.2) is 0 Å². The van der Waals surface area contributed by atoms with Crippen molar-refractivity contribution in [3.05, 3.63) is 54.1 Å². The summed E-state index contributed by atoms with van der Waals surface area (Å²) >= 11 is 0. The van der Waals surface area contributed by atoms with Gasteiger partial charge in [-0.25, -0.2) is 0 Å². The van der Waals surface area contributed by atoms with Crippen molar-refractivity contribution in [3.8, 4) is 0 Å². The largest absolute Gasteiger partial charge is 0.398 e. The molecule has 4 heteroatoms. The molecule has 0 saturated carbocycles. The number of aromatic nitrogens is 2. The van der Waals surface area contributed by atoms with Crippen LogP contribution in [-0.4, -0.2) is 22.6 Å². The van der Waals surface area contributed by atoms with Crippen LogP contribution in [0.5, 0.6) is 0 Å². The van der Waals surface area contributed by atoms with Crippen molar-refractivity contribution < 1.29 is 0 Å². The number of rotatable bonds is 7. The zero-order valence-electron chi connectivity index (χ0n) is 11.9. The van der Waals surface area contributed by atoms with E-state index in [0.29, 0.717) is 6.04 Å². The van der Waals surface area contributed by atoms with Gasteiger partial charge in [0.25, 0.3) is 0 Å². The van der Waals surface area contributed by atoms with Crippen LogP contribution in [0.2, 0.25) is 0 Å². The predicted molar refractivity (Wildman–Crippen MR) is 82.4 cm³/mol. The minimum Gasteiger partial charge on any atom is -0.398 e. The van der Waals surface area contributed by atoms with Crippen LogP contribution in [0.3, 0.4) is 0 Å². The molecule has 0 aromatic carbocycles. The van der Waals surface area contributed by atoms with Crippen LogP contribution < -0.4 is 11.1 Å². The number of nitrogens with two attached hydrogens (primary N) is 1. The summed E-state index contributed by atoms with van der Waals surface area (Å²) in [4.78, 5) is 8.34. The smallest absolute Gasteiger partial charge is 0.0378 e. The van der Waals surface area contributed by atoms with E-state index < -0.39 is 0 Å². The van der Waals surface area contributed by atoms with Gasteiger partial charge < -0.3 is 11.1 Å². The van der Waals surface area contributed by atoms with Gasteiger partial charge in [0.05, 0.1) is 0 Å². The number of anilines is 1. The summed E-state index contributed by atoms with van der Waals surface area (Å²) in [5.74, 6) is 0. The normalized spacial score (nSPS) is 12.2. The van der Waals surface area contributed by atoms with E-state index in [1.54, 1.807) is 12.4 Å². The molecule has 0 aliphatic heterocycles. The summed E-state index contributed by atoms with van der Waals surface area (Å²) in [6.07, 6.45) is 10.3. The van der Waals surface area contributed by atoms with Crippen LogP contribution in [0.4, 0.5) is 5.69 Å². The highest BCUT2D eigenvalue weighted by atomic mass is 14.9. The fourth-order valence-corrected chi connectivity index (χ4v) is 2.24. The van der Waals surface area contributed by atoms with Crippen molar-refractivity contribution >= 4 is 5.69 Å². The maximum Gasteiger partial charge on any atom is 0.0378 e. The average molecular weight is 270 g/mol. The third-order valence-corrected chi connectivity index (χ3v) is 3.30. The average Bonchev–Trinajstić information content (AvgIpc) is 2.48. The maximum atomic E-state index is 6.01. The van der Waals surface area contributed by atoms with Gasteiger partial charge in [-0.1, -0.05) is 13.0 Å². The Morgan fingerprint density at radius 2 is 2.00 bits per heavy atom. The summed E-state index contributed by atoms with van der Waals surface area (Å²) in [5, 5.41) is 3.58. The lowest BCUT2D eigenvalue weighted by Gasteiger charge is -2.19. The molecule has 106 valence electrons. The number of nitrogens with one attached hydrogen (secondary N) is 1. The van der Waals surface area contributed by atoms with Crippen molar-refractivity contribution in [2.75, 3.05) is 12.3 Å². The first-order chi connectivity index (χ1) is 9.79. The van der Waals surface area contributed by atoms with Gasteiger partial charge in [-0.15, -0.1) is 0 Å². The van der Waals surface area contributed by atoms with Crippen molar-refractivity contribution in [2.24, 2.45) is 0 Å². The lowest BCUT2D eigenvalue weighted by molar-refractivity contribution is 0.504. The van der Waals surface area contributed by atoms with Gasteiger partial charge in [-0.2, -0.15) is 0 Å². The Balaban J connectivity index is 2.05. The Labute approximate surface area is 120 Å². The summed E-state index contributed by atoms with van der Waals surface area (Å²) in [6.45, 7) is 3.18. The second-order valence-corrected chi connectivity index (χ2v) is 5.00. The zero-order valence-corrected chi connectivity index (χ0v) is 11.9. The molecule has 1 atom stereocenters. The van der Waals surface area contributed by atoms with E-state index in [0.717, 1.165) is 37.1 Å². The van der Waals surface area contributed by atoms with E-state index in [9.17, 15) is 0 Å². The van der Waals surface area contributed by atoms with Gasteiger partial charge in [-0.3, -0.25) is 9.97 Å². The molecule has 0 aliphatic rings. The number of nitrogens with zero attached hydrogens (tertiary/aromatic N) is 2. The second kappa shape index (κ2) is 7.60. The van der Waals surface area contributed by atoms with Crippen LogP contribution in [0.15, 0.2) is 43.0 Å². The fraction of sp³-hybridized carbons (Fsp3) is 0.375. The van der Waals surface area contributed by atoms with E-state index in [1.807, 2.05) is 24.5 Å². The molecule has 0 aliphatic carbocycles. The molecule has 0 saturated heterocycles. The van der Waals surface area contributed by atoms with Crippen molar-refractivity contribution in [2.45, 2.75) is 32.2 Å². The third-order valence-electron chi connectivity index (χ3n) is 3.30. The number of hydrogen-bond donors (Lipinski definition) is 2. The number of pyridine rings is 2. The lowest BCUT2D eigenvalue weighted by atomic mass is 10.00. The molecule has 0 spiro atoms. The first kappa shape index (κ1) is 14.5. The highest BCUT2D eigenvalue weighted by Gasteiger charge is 2.12. The molecule has 2 aromatic heterocycles. The molecule has 3 N–H and O–H groups in total. The maximum absolute atomic E-state index is 6.01. The van der Waals surface area contributed by atoms with Crippen LogP contribution in [0.1, 0.15) is 24.5 Å². The Kier molecular flexibility index (Phi) is 5.50. The summed E-state index contributed by atoms with van der Waals surface area (Å²) in [5.41, 5.74) is 9.17. The molecule has 0 fully saturated rings. The molecule has 2 aromatic rings. The van der Waals surface area contributed by atoms with E-state index in [-0.39, 0.29) is 0 Å². The minimum absolute atomic E-state index is 0.352. The van der Waals surface area contributed by atoms with Crippen LogP contribution in [-0.2, 0) is 12.8 Å². The van der Waals surface area contributed by atoms with E-state index in [4.69, 9.17) is 5.73 Å². The van der Waals surface area contributed by atoms with Gasteiger partial charge >= 0.3 is 0 Å². The molecule has 0 amide bonds. The monoisotopic (exact) mass is 270 g/mol. The highest BCUT2D eigenvalue weighted by Crippen LogP contribution is 2.13.